The van der Waals surface area contributed by atoms with Crippen molar-refractivity contribution in [2.75, 3.05) is 17.5 Å². The number of rotatable bonds is 7. The molecule has 1 heterocycles. The van der Waals surface area contributed by atoms with Crippen molar-refractivity contribution in [2.24, 2.45) is 0 Å². The Hall–Kier alpha value is -0.0100. The molecular weight excluding hydrogens is 466 g/mol. The van der Waals surface area contributed by atoms with E-state index in [1.54, 1.807) is 11.5 Å². The van der Waals surface area contributed by atoms with Crippen LogP contribution >= 0.6 is 46.6 Å². The van der Waals surface area contributed by atoms with E-state index >= 15 is 0 Å². The Labute approximate surface area is 136 Å². The van der Waals surface area contributed by atoms with E-state index in [0.717, 1.165) is 11.0 Å². The van der Waals surface area contributed by atoms with Crippen molar-refractivity contribution in [3.05, 3.63) is 22.1 Å². The summed E-state index contributed by atoms with van der Waals surface area (Å²) in [5, 5.41) is 23.3. The number of aliphatic hydroxyl groups excluding tert-OH is 1. The van der Waals surface area contributed by atoms with E-state index in [-0.39, 0.29) is 29.8 Å². The van der Waals surface area contributed by atoms with Crippen LogP contribution in [0.15, 0.2) is 6.20 Å². The molecule has 0 aliphatic heterocycles. The zero-order chi connectivity index (χ0) is 12.8. The van der Waals surface area contributed by atoms with Gasteiger partial charge in [0.25, 0.3) is 0 Å². The first-order valence-corrected chi connectivity index (χ1v) is 6.70. The number of nitrogens with one attached hydrogen (secondary N) is 1. The summed E-state index contributed by atoms with van der Waals surface area (Å²) < 4.78 is 2.56. The molecule has 1 aromatic rings. The van der Waals surface area contributed by atoms with E-state index in [1.165, 1.54) is 6.20 Å². The molecule has 1 rings (SSSR count). The molecule has 0 bridgehead atoms. The third kappa shape index (κ3) is 5.75. The molecule has 0 aliphatic carbocycles. The fourth-order valence-corrected chi connectivity index (χ4v) is 1.77. The Morgan fingerprint density at radius 3 is 2.89 bits per heavy atom. The zero-order valence-corrected chi connectivity index (χ0v) is 14.4. The van der Waals surface area contributed by atoms with Gasteiger partial charge in [-0.15, -0.1) is 24.0 Å². The number of aryl methyl sites for hydroxylation is 1. The summed E-state index contributed by atoms with van der Waals surface area (Å²) in [6, 6.07) is 0. The fraction of sp³-hybridized carbons (Fsp3) is 0.667. The maximum Gasteiger partial charge on any atom is 0.381 e. The predicted molar refractivity (Wildman–Crippen MR) is 86.8 cm³/mol. The molecule has 0 aliphatic rings. The van der Waals surface area contributed by atoms with E-state index in [0.29, 0.717) is 18.9 Å². The number of hydrogen-bond acceptors (Lipinski definition) is 5. The molecule has 0 radical (unpaired) electrons. The van der Waals surface area contributed by atoms with Gasteiger partial charge in [-0.05, 0) is 9.91 Å². The van der Waals surface area contributed by atoms with E-state index < -0.39 is 11.0 Å². The number of imidazole rings is 1. The van der Waals surface area contributed by atoms with Crippen molar-refractivity contribution >= 4 is 52.4 Å². The molecule has 7 nitrogen and oxygen atoms in total. The molecule has 0 spiro atoms. The Bertz CT molecular complexity index is 386. The van der Waals surface area contributed by atoms with Crippen LogP contribution in [0.1, 0.15) is 5.82 Å². The molecule has 1 aromatic heterocycles. The van der Waals surface area contributed by atoms with Gasteiger partial charge in [-0.3, -0.25) is 0 Å². The number of nitrogens with zero attached hydrogens (tertiary/aromatic N) is 3. The molecule has 1 atom stereocenters. The number of alkyl halides is 1. The van der Waals surface area contributed by atoms with Crippen LogP contribution in [0, 0.1) is 17.0 Å². The van der Waals surface area contributed by atoms with Crippen molar-refractivity contribution in [2.45, 2.75) is 19.6 Å². The first kappa shape index (κ1) is 18.0. The Balaban J connectivity index is 0.00000289. The third-order valence-electron chi connectivity index (χ3n) is 2.21. The lowest BCUT2D eigenvalue weighted by atomic mass is 10.3. The summed E-state index contributed by atoms with van der Waals surface area (Å²) in [6.45, 7) is 3.29. The fourth-order valence-electron chi connectivity index (χ4n) is 1.39. The van der Waals surface area contributed by atoms with E-state index in [9.17, 15) is 15.2 Å². The number of aliphatic hydroxyl groups is 1. The lowest BCUT2D eigenvalue weighted by molar-refractivity contribution is -0.389. The van der Waals surface area contributed by atoms with Gasteiger partial charge in [0.15, 0.2) is 0 Å². The lowest BCUT2D eigenvalue weighted by Crippen LogP contribution is -2.31. The standard InChI is InChI=1S/C9H15IN4O3.HI/c1-7-12-9(14(16)17)6-13(7)5-8(15)4-11-3-2-10;/h6,8,11,15H,2-5H2,1H3;1H. The Kier molecular flexibility index (Phi) is 8.98. The van der Waals surface area contributed by atoms with Crippen molar-refractivity contribution in [3.63, 3.8) is 0 Å². The summed E-state index contributed by atoms with van der Waals surface area (Å²) in [6.07, 6.45) is 0.766. The first-order chi connectivity index (χ1) is 8.04. The SMILES string of the molecule is Cc1nc([N+](=O)[O-])cn1CC(O)CNCCI.I. The van der Waals surface area contributed by atoms with Gasteiger partial charge in [-0.25, -0.2) is 0 Å². The lowest BCUT2D eigenvalue weighted by Gasteiger charge is -2.11. The number of nitro groups is 1. The van der Waals surface area contributed by atoms with Crippen molar-refractivity contribution in [3.8, 4) is 0 Å². The summed E-state index contributed by atoms with van der Waals surface area (Å²) in [5.41, 5.74) is 0. The molecule has 1 unspecified atom stereocenters. The average molecular weight is 482 g/mol. The highest BCUT2D eigenvalue weighted by Crippen LogP contribution is 2.10. The van der Waals surface area contributed by atoms with Crippen molar-refractivity contribution < 1.29 is 10.0 Å². The van der Waals surface area contributed by atoms with Crippen LogP contribution in [-0.4, -0.2) is 43.2 Å². The molecule has 0 amide bonds. The monoisotopic (exact) mass is 482 g/mol. The highest BCUT2D eigenvalue weighted by molar-refractivity contribution is 14.1. The van der Waals surface area contributed by atoms with Crippen LogP contribution in [0.5, 0.6) is 0 Å². The Morgan fingerprint density at radius 2 is 2.39 bits per heavy atom. The van der Waals surface area contributed by atoms with Gasteiger partial charge in [-0.1, -0.05) is 22.6 Å². The highest BCUT2D eigenvalue weighted by atomic mass is 127. The van der Waals surface area contributed by atoms with Gasteiger partial charge in [0, 0.05) is 24.4 Å². The van der Waals surface area contributed by atoms with Gasteiger partial charge in [0.1, 0.15) is 6.20 Å². The quantitative estimate of drug-likeness (QED) is 0.200. The molecule has 18 heavy (non-hydrogen) atoms. The van der Waals surface area contributed by atoms with E-state index in [2.05, 4.69) is 32.9 Å². The number of hydrogen-bond donors (Lipinski definition) is 2. The van der Waals surface area contributed by atoms with Gasteiger partial charge >= 0.3 is 5.82 Å². The summed E-state index contributed by atoms with van der Waals surface area (Å²) >= 11 is 2.24. The molecule has 2 N–H and O–H groups in total. The smallest absolute Gasteiger partial charge is 0.381 e. The maximum absolute atomic E-state index is 10.5. The second-order valence-electron chi connectivity index (χ2n) is 3.60. The summed E-state index contributed by atoms with van der Waals surface area (Å²) in [7, 11) is 0. The Morgan fingerprint density at radius 1 is 1.72 bits per heavy atom. The zero-order valence-electron chi connectivity index (χ0n) is 9.87. The second kappa shape index (κ2) is 8.98. The van der Waals surface area contributed by atoms with Crippen LogP contribution in [-0.2, 0) is 6.54 Å². The predicted octanol–water partition coefficient (Wildman–Crippen LogP) is 1.10. The summed E-state index contributed by atoms with van der Waals surface area (Å²) in [5.74, 6) is 0.347. The maximum atomic E-state index is 10.5. The van der Waals surface area contributed by atoms with Crippen molar-refractivity contribution in [1.82, 2.24) is 14.9 Å². The molecule has 0 saturated heterocycles. The van der Waals surface area contributed by atoms with E-state index in [4.69, 9.17) is 0 Å². The first-order valence-electron chi connectivity index (χ1n) is 5.17. The van der Waals surface area contributed by atoms with Gasteiger partial charge in [0.2, 0.25) is 5.82 Å². The minimum atomic E-state index is -0.578. The minimum absolute atomic E-state index is 0. The van der Waals surface area contributed by atoms with Gasteiger partial charge < -0.3 is 25.1 Å². The largest absolute Gasteiger partial charge is 0.390 e. The minimum Gasteiger partial charge on any atom is -0.390 e. The average Bonchev–Trinajstić information content (AvgIpc) is 2.61. The number of halogens is 2. The molecule has 104 valence electrons. The number of aromatic nitrogens is 2. The van der Waals surface area contributed by atoms with Crippen LogP contribution in [0.3, 0.4) is 0 Å². The van der Waals surface area contributed by atoms with Gasteiger partial charge in [0.05, 0.1) is 12.6 Å². The van der Waals surface area contributed by atoms with Crippen LogP contribution < -0.4 is 5.32 Å². The second-order valence-corrected chi connectivity index (χ2v) is 4.68. The van der Waals surface area contributed by atoms with Crippen LogP contribution in [0.4, 0.5) is 5.82 Å². The van der Waals surface area contributed by atoms with Crippen LogP contribution in [0.2, 0.25) is 0 Å². The highest BCUT2D eigenvalue weighted by Gasteiger charge is 2.16. The molecule has 0 aromatic carbocycles. The van der Waals surface area contributed by atoms with E-state index in [1.807, 2.05) is 0 Å². The molecular formula is C9H16I2N4O3. The normalized spacial score (nSPS) is 11.9. The molecule has 9 heteroatoms. The van der Waals surface area contributed by atoms with Crippen molar-refractivity contribution in [1.29, 1.82) is 0 Å². The van der Waals surface area contributed by atoms with Crippen LogP contribution in [0.25, 0.3) is 0 Å². The molecule has 0 fully saturated rings. The topological polar surface area (TPSA) is 93.2 Å². The van der Waals surface area contributed by atoms with Gasteiger partial charge in [-0.2, -0.15) is 0 Å². The molecule has 0 saturated carbocycles. The summed E-state index contributed by atoms with van der Waals surface area (Å²) in [4.78, 5) is 13.8. The third-order valence-corrected chi connectivity index (χ3v) is 2.75.